The molecule has 0 saturated carbocycles. The van der Waals surface area contributed by atoms with Gasteiger partial charge >= 0.3 is 5.97 Å². The van der Waals surface area contributed by atoms with Crippen LogP contribution in [0.2, 0.25) is 0 Å². The zero-order valence-electron chi connectivity index (χ0n) is 13.6. The molecule has 0 spiro atoms. The second-order valence-corrected chi connectivity index (χ2v) is 5.74. The molecule has 0 aliphatic carbocycles. The van der Waals surface area contributed by atoms with E-state index in [1.165, 1.54) is 0 Å². The predicted molar refractivity (Wildman–Crippen MR) is 90.6 cm³/mol. The third-order valence-electron chi connectivity index (χ3n) is 3.45. The van der Waals surface area contributed by atoms with Crippen molar-refractivity contribution in [3.05, 3.63) is 65.2 Å². The summed E-state index contributed by atoms with van der Waals surface area (Å²) in [6.45, 7) is 5.71. The van der Waals surface area contributed by atoms with Crippen molar-refractivity contribution in [3.63, 3.8) is 0 Å². The fraction of sp³-hybridized carbons (Fsp3) is 0.263. The van der Waals surface area contributed by atoms with E-state index in [9.17, 15) is 9.59 Å². The first-order chi connectivity index (χ1) is 11.0. The first-order valence-electron chi connectivity index (χ1n) is 7.60. The predicted octanol–water partition coefficient (Wildman–Crippen LogP) is 3.91. The Hall–Kier alpha value is -2.62. The lowest BCUT2D eigenvalue weighted by atomic mass is 10.0. The molecule has 0 saturated heterocycles. The summed E-state index contributed by atoms with van der Waals surface area (Å²) >= 11 is 0. The van der Waals surface area contributed by atoms with Gasteiger partial charge in [-0.3, -0.25) is 4.79 Å². The molecule has 4 nitrogen and oxygen atoms in total. The molecular weight excluding hydrogens is 290 g/mol. The highest BCUT2D eigenvalue weighted by Gasteiger charge is 2.12. The highest BCUT2D eigenvalue weighted by atomic mass is 16.5. The first kappa shape index (κ1) is 16.7. The number of rotatable bonds is 5. The van der Waals surface area contributed by atoms with Crippen molar-refractivity contribution in [1.29, 1.82) is 0 Å². The molecule has 0 aliphatic rings. The van der Waals surface area contributed by atoms with E-state index in [1.807, 2.05) is 37.3 Å². The molecule has 1 N–H and O–H groups in total. The number of ether oxygens (including phenoxy) is 1. The molecule has 2 rings (SSSR count). The van der Waals surface area contributed by atoms with Crippen LogP contribution in [0.4, 0.5) is 5.69 Å². The van der Waals surface area contributed by atoms with Gasteiger partial charge in [-0.2, -0.15) is 0 Å². The Labute approximate surface area is 136 Å². The summed E-state index contributed by atoms with van der Waals surface area (Å²) in [5.41, 5.74) is 3.21. The van der Waals surface area contributed by atoms with E-state index in [-0.39, 0.29) is 12.5 Å². The topological polar surface area (TPSA) is 55.4 Å². The number of aryl methyl sites for hydroxylation is 1. The van der Waals surface area contributed by atoms with Crippen molar-refractivity contribution in [3.8, 4) is 0 Å². The number of nitrogens with one attached hydrogen (secondary N) is 1. The van der Waals surface area contributed by atoms with Gasteiger partial charge in [-0.15, -0.1) is 0 Å². The second kappa shape index (κ2) is 7.58. The Morgan fingerprint density at radius 1 is 1.09 bits per heavy atom. The van der Waals surface area contributed by atoms with Crippen molar-refractivity contribution >= 4 is 17.6 Å². The summed E-state index contributed by atoms with van der Waals surface area (Å²) in [6, 6.07) is 14.7. The average Bonchev–Trinajstić information content (AvgIpc) is 2.53. The van der Waals surface area contributed by atoms with Crippen molar-refractivity contribution in [2.45, 2.75) is 26.7 Å². The van der Waals surface area contributed by atoms with Gasteiger partial charge in [0, 0.05) is 5.69 Å². The molecule has 0 aromatic heterocycles. The lowest BCUT2D eigenvalue weighted by Crippen LogP contribution is -2.21. The molecule has 0 radical (unpaired) electrons. The number of para-hydroxylation sites is 1. The summed E-state index contributed by atoms with van der Waals surface area (Å²) in [5, 5.41) is 2.79. The minimum absolute atomic E-state index is 0.293. The van der Waals surface area contributed by atoms with Crippen molar-refractivity contribution < 1.29 is 14.3 Å². The number of hydrogen-bond donors (Lipinski definition) is 1. The fourth-order valence-electron chi connectivity index (χ4n) is 2.29. The van der Waals surface area contributed by atoms with Crippen LogP contribution in [0, 0.1) is 6.92 Å². The third-order valence-corrected chi connectivity index (χ3v) is 3.45. The number of carbonyl (C=O) groups is 2. The Morgan fingerprint density at radius 2 is 1.83 bits per heavy atom. The molecule has 0 bridgehead atoms. The van der Waals surface area contributed by atoms with Crippen LogP contribution in [0.1, 0.15) is 41.3 Å². The van der Waals surface area contributed by atoms with Gasteiger partial charge in [-0.1, -0.05) is 49.7 Å². The van der Waals surface area contributed by atoms with Crippen LogP contribution in [0.15, 0.2) is 48.5 Å². The highest BCUT2D eigenvalue weighted by Crippen LogP contribution is 2.23. The normalized spacial score (nSPS) is 10.4. The SMILES string of the molecule is Cc1cccc(C(=O)OCC(=O)Nc2ccccc2C(C)C)c1. The summed E-state index contributed by atoms with van der Waals surface area (Å²) in [4.78, 5) is 23.9. The third kappa shape index (κ3) is 4.68. The van der Waals surface area contributed by atoms with E-state index in [0.717, 1.165) is 16.8 Å². The highest BCUT2D eigenvalue weighted by molar-refractivity contribution is 5.96. The Kier molecular flexibility index (Phi) is 5.52. The Bertz CT molecular complexity index is 707. The first-order valence-corrected chi connectivity index (χ1v) is 7.60. The zero-order chi connectivity index (χ0) is 16.8. The van der Waals surface area contributed by atoms with Gasteiger partial charge in [0.1, 0.15) is 0 Å². The van der Waals surface area contributed by atoms with E-state index in [1.54, 1.807) is 18.2 Å². The summed E-state index contributed by atoms with van der Waals surface area (Å²) < 4.78 is 5.07. The standard InChI is InChI=1S/C19H21NO3/c1-13(2)16-9-4-5-10-17(16)20-18(21)12-23-19(22)15-8-6-7-14(3)11-15/h4-11,13H,12H2,1-3H3,(H,20,21). The lowest BCUT2D eigenvalue weighted by molar-refractivity contribution is -0.119. The maximum absolute atomic E-state index is 12.0. The Morgan fingerprint density at radius 3 is 2.52 bits per heavy atom. The van der Waals surface area contributed by atoms with E-state index < -0.39 is 5.97 Å². The minimum atomic E-state index is -0.499. The smallest absolute Gasteiger partial charge is 0.338 e. The molecule has 23 heavy (non-hydrogen) atoms. The fourth-order valence-corrected chi connectivity index (χ4v) is 2.29. The second-order valence-electron chi connectivity index (χ2n) is 5.74. The number of amides is 1. The average molecular weight is 311 g/mol. The summed E-state index contributed by atoms with van der Waals surface area (Å²) in [6.07, 6.45) is 0. The van der Waals surface area contributed by atoms with Crippen LogP contribution in [-0.4, -0.2) is 18.5 Å². The van der Waals surface area contributed by atoms with Gasteiger partial charge in [0.25, 0.3) is 5.91 Å². The maximum Gasteiger partial charge on any atom is 0.338 e. The summed E-state index contributed by atoms with van der Waals surface area (Å²) in [7, 11) is 0. The lowest BCUT2D eigenvalue weighted by Gasteiger charge is -2.13. The molecule has 0 unspecified atom stereocenters. The van der Waals surface area contributed by atoms with Crippen LogP contribution >= 0.6 is 0 Å². The quantitative estimate of drug-likeness (QED) is 0.852. The minimum Gasteiger partial charge on any atom is -0.452 e. The zero-order valence-corrected chi connectivity index (χ0v) is 13.6. The van der Waals surface area contributed by atoms with Crippen molar-refractivity contribution in [2.24, 2.45) is 0 Å². The van der Waals surface area contributed by atoms with Gasteiger partial charge in [0.2, 0.25) is 0 Å². The van der Waals surface area contributed by atoms with Gasteiger partial charge in [0.05, 0.1) is 5.56 Å². The van der Waals surface area contributed by atoms with Crippen LogP contribution in [0.3, 0.4) is 0 Å². The van der Waals surface area contributed by atoms with Gasteiger partial charge < -0.3 is 10.1 Å². The van der Waals surface area contributed by atoms with Crippen molar-refractivity contribution in [1.82, 2.24) is 0 Å². The number of esters is 1. The van der Waals surface area contributed by atoms with Crippen LogP contribution in [0.25, 0.3) is 0 Å². The molecule has 0 atom stereocenters. The van der Waals surface area contributed by atoms with E-state index in [2.05, 4.69) is 19.2 Å². The molecule has 0 heterocycles. The van der Waals surface area contributed by atoms with Crippen molar-refractivity contribution in [2.75, 3.05) is 11.9 Å². The van der Waals surface area contributed by atoms with Crippen LogP contribution in [-0.2, 0) is 9.53 Å². The molecular formula is C19H21NO3. The molecule has 2 aromatic carbocycles. The van der Waals surface area contributed by atoms with E-state index in [0.29, 0.717) is 11.5 Å². The monoisotopic (exact) mass is 311 g/mol. The molecule has 0 fully saturated rings. The molecule has 120 valence electrons. The maximum atomic E-state index is 12.0. The number of hydrogen-bond acceptors (Lipinski definition) is 3. The number of carbonyl (C=O) groups excluding carboxylic acids is 2. The number of benzene rings is 2. The van der Waals surface area contributed by atoms with E-state index >= 15 is 0 Å². The summed E-state index contributed by atoms with van der Waals surface area (Å²) in [5.74, 6) is -0.554. The van der Waals surface area contributed by atoms with Crippen LogP contribution in [0.5, 0.6) is 0 Å². The van der Waals surface area contributed by atoms with Gasteiger partial charge in [0.15, 0.2) is 6.61 Å². The molecule has 0 aliphatic heterocycles. The molecule has 2 aromatic rings. The van der Waals surface area contributed by atoms with Gasteiger partial charge in [-0.25, -0.2) is 4.79 Å². The molecule has 1 amide bonds. The van der Waals surface area contributed by atoms with Crippen LogP contribution < -0.4 is 5.32 Å². The van der Waals surface area contributed by atoms with Gasteiger partial charge in [-0.05, 0) is 36.6 Å². The largest absolute Gasteiger partial charge is 0.452 e. The number of anilines is 1. The molecule has 4 heteroatoms. The Balaban J connectivity index is 1.94. The van der Waals surface area contributed by atoms with E-state index in [4.69, 9.17) is 4.74 Å².